The Hall–Kier alpha value is -3.04. The highest BCUT2D eigenvalue weighted by atomic mass is 32.1. The molecule has 4 aromatic rings. The van der Waals surface area contributed by atoms with Crippen LogP contribution in [0.1, 0.15) is 33.6 Å². The lowest BCUT2D eigenvalue weighted by Crippen LogP contribution is -2.35. The largest absolute Gasteiger partial charge is 0.416 e. The molecule has 0 spiro atoms. The van der Waals surface area contributed by atoms with Crippen LogP contribution in [0.2, 0.25) is 0 Å². The van der Waals surface area contributed by atoms with Gasteiger partial charge in [0.15, 0.2) is 0 Å². The minimum Gasteiger partial charge on any atom is -0.313 e. The molecule has 0 bridgehead atoms. The lowest BCUT2D eigenvalue weighted by atomic mass is 9.93. The number of rotatable bonds is 6. The number of halogens is 3. The molecule has 3 aromatic heterocycles. The fraction of sp³-hybridized carbons (Fsp3) is 0.320. The third-order valence-corrected chi connectivity index (χ3v) is 7.37. The van der Waals surface area contributed by atoms with Crippen molar-refractivity contribution in [3.05, 3.63) is 92.6 Å². The Bertz CT molecular complexity index is 1360. The summed E-state index contributed by atoms with van der Waals surface area (Å²) in [6, 6.07) is 9.41. The van der Waals surface area contributed by atoms with Gasteiger partial charge in [0.1, 0.15) is 4.83 Å². The molecule has 1 atom stereocenters. The van der Waals surface area contributed by atoms with E-state index in [0.29, 0.717) is 21.8 Å². The molecule has 0 fully saturated rings. The summed E-state index contributed by atoms with van der Waals surface area (Å²) in [5, 5.41) is 4.23. The Kier molecular flexibility index (Phi) is 6.22. The van der Waals surface area contributed by atoms with Crippen LogP contribution in [0.25, 0.3) is 10.2 Å². The number of nitrogens with zero attached hydrogens (tertiary/aromatic N) is 3. The predicted molar refractivity (Wildman–Crippen MR) is 126 cm³/mol. The SMILES string of the molecule is O=c1c2c3c(sc2ncn1Cc1cccc(C(F)(F)F)c1)CC(NCCc1cccnc1)CC3. The van der Waals surface area contributed by atoms with Gasteiger partial charge in [-0.2, -0.15) is 13.2 Å². The van der Waals surface area contributed by atoms with Crippen molar-refractivity contribution in [2.24, 2.45) is 0 Å². The van der Waals surface area contributed by atoms with Crippen LogP contribution in [0.3, 0.4) is 0 Å². The fourth-order valence-corrected chi connectivity index (χ4v) is 5.76. The molecule has 0 amide bonds. The molecular formula is C25H23F3N4OS. The molecule has 1 aromatic carbocycles. The van der Waals surface area contributed by atoms with Crippen molar-refractivity contribution in [3.63, 3.8) is 0 Å². The Labute approximate surface area is 198 Å². The molecule has 5 nitrogen and oxygen atoms in total. The fourth-order valence-electron chi connectivity index (χ4n) is 4.50. The first kappa shape index (κ1) is 22.7. The van der Waals surface area contributed by atoms with Crippen molar-refractivity contribution in [2.45, 2.75) is 44.4 Å². The summed E-state index contributed by atoms with van der Waals surface area (Å²) in [5.41, 5.74) is 1.74. The molecule has 34 heavy (non-hydrogen) atoms. The Morgan fingerprint density at radius 3 is 2.82 bits per heavy atom. The van der Waals surface area contributed by atoms with Gasteiger partial charge in [0.05, 0.1) is 23.8 Å². The molecule has 3 heterocycles. The van der Waals surface area contributed by atoms with Crippen molar-refractivity contribution in [3.8, 4) is 0 Å². The highest BCUT2D eigenvalue weighted by Crippen LogP contribution is 2.34. The minimum absolute atomic E-state index is 0.0504. The average Bonchev–Trinajstić information content (AvgIpc) is 3.20. The van der Waals surface area contributed by atoms with Crippen LogP contribution < -0.4 is 10.9 Å². The maximum absolute atomic E-state index is 13.2. The summed E-state index contributed by atoms with van der Waals surface area (Å²) >= 11 is 1.55. The maximum Gasteiger partial charge on any atom is 0.416 e. The van der Waals surface area contributed by atoms with Crippen molar-refractivity contribution >= 4 is 21.6 Å². The van der Waals surface area contributed by atoms with E-state index in [9.17, 15) is 18.0 Å². The maximum atomic E-state index is 13.2. The number of alkyl halides is 3. The topological polar surface area (TPSA) is 59.8 Å². The highest BCUT2D eigenvalue weighted by molar-refractivity contribution is 7.18. The van der Waals surface area contributed by atoms with Crippen molar-refractivity contribution < 1.29 is 13.2 Å². The molecule has 0 aliphatic heterocycles. The van der Waals surface area contributed by atoms with Crippen LogP contribution in [0.4, 0.5) is 13.2 Å². The zero-order chi connectivity index (χ0) is 23.7. The number of hydrogen-bond donors (Lipinski definition) is 1. The van der Waals surface area contributed by atoms with Gasteiger partial charge in [-0.15, -0.1) is 11.3 Å². The Morgan fingerprint density at radius 2 is 2.03 bits per heavy atom. The zero-order valence-corrected chi connectivity index (χ0v) is 19.1. The first-order valence-electron chi connectivity index (χ1n) is 11.2. The van der Waals surface area contributed by atoms with E-state index in [2.05, 4.69) is 21.4 Å². The first-order valence-corrected chi connectivity index (χ1v) is 12.0. The molecule has 1 unspecified atom stereocenters. The number of benzene rings is 1. The molecular weight excluding hydrogens is 461 g/mol. The average molecular weight is 485 g/mol. The zero-order valence-electron chi connectivity index (χ0n) is 18.3. The van der Waals surface area contributed by atoms with E-state index in [1.54, 1.807) is 23.6 Å². The summed E-state index contributed by atoms with van der Waals surface area (Å²) < 4.78 is 40.6. The van der Waals surface area contributed by atoms with Crippen molar-refractivity contribution in [1.29, 1.82) is 0 Å². The number of pyridine rings is 1. The van der Waals surface area contributed by atoms with E-state index < -0.39 is 11.7 Å². The number of hydrogen-bond acceptors (Lipinski definition) is 5. The summed E-state index contributed by atoms with van der Waals surface area (Å²) in [6.45, 7) is 0.910. The van der Waals surface area contributed by atoms with Crippen LogP contribution in [-0.2, 0) is 32.0 Å². The first-order chi connectivity index (χ1) is 16.4. The number of thiophene rings is 1. The van der Waals surface area contributed by atoms with E-state index in [1.165, 1.54) is 27.4 Å². The second kappa shape index (κ2) is 9.31. The normalized spacial score (nSPS) is 16.0. The molecule has 0 saturated heterocycles. The lowest BCUT2D eigenvalue weighted by molar-refractivity contribution is -0.137. The molecule has 9 heteroatoms. The van der Waals surface area contributed by atoms with Crippen LogP contribution in [-0.4, -0.2) is 27.1 Å². The number of nitrogens with one attached hydrogen (secondary N) is 1. The second-order valence-corrected chi connectivity index (χ2v) is 9.65. The second-order valence-electron chi connectivity index (χ2n) is 8.56. The molecule has 1 aliphatic carbocycles. The van der Waals surface area contributed by atoms with Crippen LogP contribution in [0.5, 0.6) is 0 Å². The molecule has 5 rings (SSSR count). The Morgan fingerprint density at radius 1 is 1.18 bits per heavy atom. The van der Waals surface area contributed by atoms with Crippen molar-refractivity contribution in [2.75, 3.05) is 6.54 Å². The summed E-state index contributed by atoms with van der Waals surface area (Å²) in [7, 11) is 0. The predicted octanol–water partition coefficient (Wildman–Crippen LogP) is 4.61. The van der Waals surface area contributed by atoms with E-state index in [4.69, 9.17) is 0 Å². The van der Waals surface area contributed by atoms with Gasteiger partial charge in [-0.25, -0.2) is 4.98 Å². The van der Waals surface area contributed by atoms with Crippen molar-refractivity contribution in [1.82, 2.24) is 19.9 Å². The highest BCUT2D eigenvalue weighted by Gasteiger charge is 2.30. The van der Waals surface area contributed by atoms with E-state index >= 15 is 0 Å². The molecule has 176 valence electrons. The van der Waals surface area contributed by atoms with Gasteiger partial charge < -0.3 is 5.32 Å². The molecule has 1 aliphatic rings. The van der Waals surface area contributed by atoms with Crippen LogP contribution in [0, 0.1) is 0 Å². The van der Waals surface area contributed by atoms with E-state index in [-0.39, 0.29) is 12.1 Å². The minimum atomic E-state index is -4.42. The third kappa shape index (κ3) is 4.76. The Balaban J connectivity index is 1.32. The van der Waals surface area contributed by atoms with E-state index in [1.807, 2.05) is 12.3 Å². The molecule has 1 N–H and O–H groups in total. The molecule has 0 saturated carbocycles. The lowest BCUT2D eigenvalue weighted by Gasteiger charge is -2.23. The number of fused-ring (bicyclic) bond motifs is 3. The van der Waals surface area contributed by atoms with Gasteiger partial charge in [0.2, 0.25) is 0 Å². The van der Waals surface area contributed by atoms with Gasteiger partial charge in [-0.3, -0.25) is 14.3 Å². The quantitative estimate of drug-likeness (QED) is 0.434. The number of aryl methyl sites for hydroxylation is 1. The van der Waals surface area contributed by atoms with Crippen LogP contribution in [0.15, 0.2) is 59.9 Å². The smallest absolute Gasteiger partial charge is 0.313 e. The monoisotopic (exact) mass is 484 g/mol. The van der Waals surface area contributed by atoms with Gasteiger partial charge in [0, 0.05) is 23.3 Å². The van der Waals surface area contributed by atoms with Crippen LogP contribution >= 0.6 is 11.3 Å². The molecule has 0 radical (unpaired) electrons. The summed E-state index contributed by atoms with van der Waals surface area (Å²) in [5.74, 6) is 0. The summed E-state index contributed by atoms with van der Waals surface area (Å²) in [6.07, 6.45) is 4.13. The summed E-state index contributed by atoms with van der Waals surface area (Å²) in [4.78, 5) is 23.7. The number of aromatic nitrogens is 3. The van der Waals surface area contributed by atoms with Gasteiger partial charge in [-0.05, 0) is 67.1 Å². The van der Waals surface area contributed by atoms with Gasteiger partial charge in [0.25, 0.3) is 5.56 Å². The van der Waals surface area contributed by atoms with Gasteiger partial charge >= 0.3 is 6.18 Å². The third-order valence-electron chi connectivity index (χ3n) is 6.21. The van der Waals surface area contributed by atoms with Gasteiger partial charge in [-0.1, -0.05) is 18.2 Å². The van der Waals surface area contributed by atoms with E-state index in [0.717, 1.165) is 49.9 Å². The standard InChI is InChI=1S/C25H23F3N4OS/c26-25(27,28)18-5-1-3-17(11-18)14-32-15-31-23-22(24(32)33)20-7-6-19(12-21(20)34-23)30-10-8-16-4-2-9-29-13-16/h1-5,9,11,13,15,19,30H,6-8,10,12,14H2.